The number of nitro benzene ring substituents is 1. The van der Waals surface area contributed by atoms with Crippen LogP contribution in [0.5, 0.6) is 17.2 Å². The van der Waals surface area contributed by atoms with Crippen molar-refractivity contribution in [3.05, 3.63) is 58.6 Å². The van der Waals surface area contributed by atoms with E-state index in [0.717, 1.165) is 0 Å². The molecule has 0 amide bonds. The van der Waals surface area contributed by atoms with E-state index in [4.69, 9.17) is 13.6 Å². The lowest BCUT2D eigenvalue weighted by molar-refractivity contribution is -0.385. The number of nitrogens with zero attached hydrogens (tertiary/aromatic N) is 1. The Morgan fingerprint density at radius 3 is 2.72 bits per heavy atom. The van der Waals surface area contributed by atoms with Gasteiger partial charge < -0.3 is 9.47 Å². The third-order valence-corrected chi connectivity index (χ3v) is 2.21. The molecular weight excluding hydrogens is 234 g/mol. The summed E-state index contributed by atoms with van der Waals surface area (Å²) in [6.45, 7) is 0. The van der Waals surface area contributed by atoms with Crippen molar-refractivity contribution in [2.75, 3.05) is 7.04 Å². The van der Waals surface area contributed by atoms with Crippen molar-refractivity contribution in [2.24, 2.45) is 0 Å². The monoisotopic (exact) mass is 248 g/mol. The Kier molecular flexibility index (Phi) is 2.45. The Bertz CT molecular complexity index is 658. The van der Waals surface area contributed by atoms with E-state index in [1.807, 2.05) is 0 Å². The predicted octanol–water partition coefficient (Wildman–Crippen LogP) is 3.40. The first-order valence-corrected chi connectivity index (χ1v) is 5.05. The van der Waals surface area contributed by atoms with E-state index in [1.165, 1.54) is 36.4 Å². The molecule has 0 radical (unpaired) electrons. The van der Waals surface area contributed by atoms with Gasteiger partial charge in [-0.3, -0.25) is 10.1 Å². The molecule has 2 aromatic rings. The molecule has 0 bridgehead atoms. The first-order chi connectivity index (χ1) is 9.85. The number of rotatable bonds is 4. The standard InChI is InChI=1S/C13H11NO4/c1-17-10-5-4-6-11(9-10)18-13-8-3-2-7-12(13)14(15)16/h2-9H,1H3/i1D3. The highest BCUT2D eigenvalue weighted by atomic mass is 16.6. The third-order valence-electron chi connectivity index (χ3n) is 2.21. The first-order valence-electron chi connectivity index (χ1n) is 6.55. The maximum atomic E-state index is 10.9. The molecule has 0 spiro atoms. The fourth-order valence-corrected chi connectivity index (χ4v) is 1.42. The van der Waals surface area contributed by atoms with Crippen molar-refractivity contribution in [3.8, 4) is 17.2 Å². The molecule has 0 N–H and O–H groups in total. The van der Waals surface area contributed by atoms with Crippen LogP contribution in [-0.2, 0) is 0 Å². The summed E-state index contributed by atoms with van der Waals surface area (Å²) >= 11 is 0. The quantitative estimate of drug-likeness (QED) is 0.614. The zero-order valence-corrected chi connectivity index (χ0v) is 9.20. The minimum Gasteiger partial charge on any atom is -0.497 e. The molecule has 0 aliphatic carbocycles. The molecule has 0 aliphatic heterocycles. The summed E-state index contributed by atoms with van der Waals surface area (Å²) in [4.78, 5) is 10.3. The normalized spacial score (nSPS) is 13.0. The lowest BCUT2D eigenvalue weighted by atomic mass is 10.3. The highest BCUT2D eigenvalue weighted by Crippen LogP contribution is 2.31. The summed E-state index contributed by atoms with van der Waals surface area (Å²) in [5, 5.41) is 10.9. The molecular formula is C13H11NO4. The minimum atomic E-state index is -2.57. The number of methoxy groups -OCH3 is 1. The fraction of sp³-hybridized carbons (Fsp3) is 0.0769. The van der Waals surface area contributed by atoms with Crippen molar-refractivity contribution in [1.29, 1.82) is 0 Å². The van der Waals surface area contributed by atoms with Crippen molar-refractivity contribution in [2.45, 2.75) is 0 Å². The van der Waals surface area contributed by atoms with Crippen LogP contribution in [0.1, 0.15) is 4.11 Å². The second-order valence-electron chi connectivity index (χ2n) is 3.40. The van der Waals surface area contributed by atoms with Gasteiger partial charge in [-0.05, 0) is 18.2 Å². The van der Waals surface area contributed by atoms with Crippen LogP contribution >= 0.6 is 0 Å². The Morgan fingerprint density at radius 2 is 1.94 bits per heavy atom. The maximum absolute atomic E-state index is 10.9. The summed E-state index contributed by atoms with van der Waals surface area (Å²) in [6, 6.07) is 11.8. The molecule has 0 atom stereocenters. The van der Waals surface area contributed by atoms with E-state index in [1.54, 1.807) is 12.1 Å². The van der Waals surface area contributed by atoms with Crippen LogP contribution in [0.3, 0.4) is 0 Å². The molecule has 0 saturated carbocycles. The van der Waals surface area contributed by atoms with Gasteiger partial charge in [-0.1, -0.05) is 18.2 Å². The van der Waals surface area contributed by atoms with Crippen molar-refractivity contribution < 1.29 is 18.5 Å². The van der Waals surface area contributed by atoms with Gasteiger partial charge in [-0.15, -0.1) is 0 Å². The number of para-hydroxylation sites is 2. The van der Waals surface area contributed by atoms with Crippen LogP contribution in [0.2, 0.25) is 0 Å². The van der Waals surface area contributed by atoms with Crippen molar-refractivity contribution in [3.63, 3.8) is 0 Å². The van der Waals surface area contributed by atoms with Gasteiger partial charge in [0, 0.05) is 12.1 Å². The molecule has 5 heteroatoms. The van der Waals surface area contributed by atoms with Crippen LogP contribution in [0, 0.1) is 10.1 Å². The highest BCUT2D eigenvalue weighted by Gasteiger charge is 2.14. The molecule has 0 heterocycles. The van der Waals surface area contributed by atoms with Crippen LogP contribution < -0.4 is 9.47 Å². The van der Waals surface area contributed by atoms with E-state index >= 15 is 0 Å². The second kappa shape index (κ2) is 5.18. The predicted molar refractivity (Wildman–Crippen MR) is 66.2 cm³/mol. The summed E-state index contributed by atoms with van der Waals surface area (Å²) < 4.78 is 31.3. The lowest BCUT2D eigenvalue weighted by Gasteiger charge is -2.07. The lowest BCUT2D eigenvalue weighted by Crippen LogP contribution is -1.93. The Hall–Kier alpha value is -2.56. The van der Waals surface area contributed by atoms with E-state index in [0.29, 0.717) is 0 Å². The summed E-state index contributed by atoms with van der Waals surface area (Å²) in [7, 11) is -2.57. The summed E-state index contributed by atoms with van der Waals surface area (Å²) in [5.41, 5.74) is -0.181. The average molecular weight is 248 g/mol. The molecule has 5 nitrogen and oxygen atoms in total. The van der Waals surface area contributed by atoms with Gasteiger partial charge in [-0.25, -0.2) is 0 Å². The molecule has 0 unspecified atom stereocenters. The SMILES string of the molecule is [2H]C([2H])([2H])Oc1cccc(Oc2ccccc2[N+](=O)[O-])c1. The molecule has 0 saturated heterocycles. The van der Waals surface area contributed by atoms with E-state index in [-0.39, 0.29) is 22.9 Å². The van der Waals surface area contributed by atoms with Gasteiger partial charge in [0.15, 0.2) is 0 Å². The Balaban J connectivity index is 2.25. The maximum Gasteiger partial charge on any atom is 0.311 e. The summed E-state index contributed by atoms with van der Waals surface area (Å²) in [6.07, 6.45) is 0. The van der Waals surface area contributed by atoms with Crippen molar-refractivity contribution in [1.82, 2.24) is 0 Å². The molecule has 0 aromatic heterocycles. The highest BCUT2D eigenvalue weighted by molar-refractivity contribution is 5.48. The van der Waals surface area contributed by atoms with E-state index in [2.05, 4.69) is 0 Å². The van der Waals surface area contributed by atoms with Gasteiger partial charge >= 0.3 is 5.69 Å². The molecule has 0 aliphatic rings. The number of hydrogen-bond donors (Lipinski definition) is 0. The molecule has 92 valence electrons. The fourth-order valence-electron chi connectivity index (χ4n) is 1.42. The zero-order valence-electron chi connectivity index (χ0n) is 12.2. The van der Waals surface area contributed by atoms with Gasteiger partial charge in [-0.2, -0.15) is 0 Å². The largest absolute Gasteiger partial charge is 0.497 e. The number of hydrogen-bond acceptors (Lipinski definition) is 4. The second-order valence-corrected chi connectivity index (χ2v) is 3.40. The number of nitro groups is 1. The van der Waals surface area contributed by atoms with Crippen LogP contribution in [-0.4, -0.2) is 12.0 Å². The van der Waals surface area contributed by atoms with E-state index in [9.17, 15) is 10.1 Å². The molecule has 2 rings (SSSR count). The zero-order chi connectivity index (χ0) is 15.5. The van der Waals surface area contributed by atoms with Crippen LogP contribution in [0.4, 0.5) is 5.69 Å². The number of benzene rings is 2. The van der Waals surface area contributed by atoms with Gasteiger partial charge in [0.1, 0.15) is 11.5 Å². The Morgan fingerprint density at radius 1 is 1.17 bits per heavy atom. The van der Waals surface area contributed by atoms with E-state index < -0.39 is 12.0 Å². The third kappa shape index (κ3) is 2.57. The number of ether oxygens (including phenoxy) is 2. The minimum absolute atomic E-state index is 0.0635. The van der Waals surface area contributed by atoms with Crippen molar-refractivity contribution >= 4 is 5.69 Å². The first kappa shape index (κ1) is 8.52. The Labute approximate surface area is 108 Å². The molecule has 2 aromatic carbocycles. The summed E-state index contributed by atoms with van der Waals surface area (Å²) in [5.74, 6) is 0.394. The topological polar surface area (TPSA) is 61.6 Å². The molecule has 18 heavy (non-hydrogen) atoms. The van der Waals surface area contributed by atoms with Gasteiger partial charge in [0.25, 0.3) is 0 Å². The van der Waals surface area contributed by atoms with Crippen LogP contribution in [0.25, 0.3) is 0 Å². The van der Waals surface area contributed by atoms with Gasteiger partial charge in [0.2, 0.25) is 5.75 Å². The van der Waals surface area contributed by atoms with Crippen LogP contribution in [0.15, 0.2) is 48.5 Å². The smallest absolute Gasteiger partial charge is 0.311 e. The molecule has 0 fully saturated rings. The average Bonchev–Trinajstić information content (AvgIpc) is 2.37. The van der Waals surface area contributed by atoms with Gasteiger partial charge in [0.05, 0.1) is 16.1 Å².